The maximum absolute atomic E-state index is 11.7. The molecule has 7 nitrogen and oxygen atoms in total. The maximum Gasteiger partial charge on any atom is 0.407 e. The van der Waals surface area contributed by atoms with E-state index in [9.17, 15) is 4.79 Å². The van der Waals surface area contributed by atoms with Crippen LogP contribution in [0.2, 0.25) is 0 Å². The number of rotatable bonds is 4. The van der Waals surface area contributed by atoms with Gasteiger partial charge in [-0.05, 0) is 48.0 Å². The van der Waals surface area contributed by atoms with Crippen molar-refractivity contribution in [2.45, 2.75) is 77.7 Å². The van der Waals surface area contributed by atoms with Gasteiger partial charge in [0.1, 0.15) is 5.60 Å². The third-order valence-corrected chi connectivity index (χ3v) is 3.27. The molecule has 0 radical (unpaired) electrons. The van der Waals surface area contributed by atoms with E-state index in [2.05, 4.69) is 41.7 Å². The van der Waals surface area contributed by atoms with Gasteiger partial charge in [-0.25, -0.2) is 9.48 Å². The topological polar surface area (TPSA) is 81.1 Å². The van der Waals surface area contributed by atoms with Gasteiger partial charge in [0.2, 0.25) is 0 Å². The largest absolute Gasteiger partial charge is 0.444 e. The van der Waals surface area contributed by atoms with E-state index in [1.165, 1.54) is 0 Å². The number of hydrogen-bond acceptors (Lipinski definition) is 5. The molecule has 2 atom stereocenters. The minimum atomic E-state index is -0.465. The molecule has 1 fully saturated rings. The molecule has 0 spiro atoms. The Labute approximate surface area is 131 Å². The van der Waals surface area contributed by atoms with E-state index in [4.69, 9.17) is 4.74 Å². The highest BCUT2D eigenvalue weighted by atomic mass is 16.6. The predicted octanol–water partition coefficient (Wildman–Crippen LogP) is 1.79. The molecule has 1 heterocycles. The van der Waals surface area contributed by atoms with Gasteiger partial charge in [0.05, 0.1) is 17.4 Å². The van der Waals surface area contributed by atoms with E-state index in [1.807, 2.05) is 31.6 Å². The lowest BCUT2D eigenvalue weighted by atomic mass is 10.1. The van der Waals surface area contributed by atoms with Crippen LogP contribution in [-0.2, 0) is 16.8 Å². The van der Waals surface area contributed by atoms with Crippen molar-refractivity contribution >= 4 is 6.09 Å². The zero-order chi connectivity index (χ0) is 16.5. The van der Waals surface area contributed by atoms with Crippen molar-refractivity contribution in [3.8, 4) is 0 Å². The summed E-state index contributed by atoms with van der Waals surface area (Å²) in [6.07, 6.45) is 2.50. The minimum absolute atomic E-state index is 0.0639. The number of aromatic nitrogens is 3. The number of carbonyl (C=O) groups excluding carboxylic acids is 1. The molecule has 124 valence electrons. The van der Waals surface area contributed by atoms with E-state index in [0.29, 0.717) is 6.54 Å². The average molecular weight is 309 g/mol. The Morgan fingerprint density at radius 3 is 2.55 bits per heavy atom. The summed E-state index contributed by atoms with van der Waals surface area (Å²) in [6, 6.07) is 0.403. The average Bonchev–Trinajstić information content (AvgIpc) is 2.86. The summed E-state index contributed by atoms with van der Waals surface area (Å²) in [5.74, 6) is 0. The molecule has 0 saturated heterocycles. The summed E-state index contributed by atoms with van der Waals surface area (Å²) in [4.78, 5) is 11.7. The summed E-state index contributed by atoms with van der Waals surface area (Å²) >= 11 is 0. The van der Waals surface area contributed by atoms with Crippen molar-refractivity contribution in [2.75, 3.05) is 0 Å². The highest BCUT2D eigenvalue weighted by Gasteiger charge is 2.39. The summed E-state index contributed by atoms with van der Waals surface area (Å²) in [5, 5.41) is 14.5. The first-order valence-electron chi connectivity index (χ1n) is 7.69. The van der Waals surface area contributed by atoms with E-state index < -0.39 is 5.60 Å². The first-order chi connectivity index (χ1) is 10.0. The second-order valence-corrected chi connectivity index (χ2v) is 7.80. The van der Waals surface area contributed by atoms with Gasteiger partial charge in [0.25, 0.3) is 0 Å². The molecule has 1 aliphatic carbocycles. The fraction of sp³-hybridized carbons (Fsp3) is 0.800. The van der Waals surface area contributed by atoms with E-state index in [1.54, 1.807) is 0 Å². The van der Waals surface area contributed by atoms with Crippen LogP contribution in [0.5, 0.6) is 0 Å². The lowest BCUT2D eigenvalue weighted by Gasteiger charge is -2.19. The number of nitrogens with zero attached hydrogens (tertiary/aromatic N) is 3. The van der Waals surface area contributed by atoms with Crippen LogP contribution in [0.1, 0.15) is 53.7 Å². The van der Waals surface area contributed by atoms with Gasteiger partial charge in [-0.1, -0.05) is 5.21 Å². The van der Waals surface area contributed by atoms with Crippen LogP contribution in [0.3, 0.4) is 0 Å². The Bertz CT molecular complexity index is 527. The minimum Gasteiger partial charge on any atom is -0.444 e. The Morgan fingerprint density at radius 2 is 2.00 bits per heavy atom. The van der Waals surface area contributed by atoms with Crippen LogP contribution in [0, 0.1) is 0 Å². The van der Waals surface area contributed by atoms with E-state index >= 15 is 0 Å². The molecule has 1 aromatic rings. The second kappa shape index (κ2) is 5.87. The normalized spacial score (nSPS) is 21.5. The molecule has 2 unspecified atom stereocenters. The first kappa shape index (κ1) is 16.7. The number of nitrogens with one attached hydrogen (secondary N) is 2. The van der Waals surface area contributed by atoms with E-state index in [-0.39, 0.29) is 23.7 Å². The smallest absolute Gasteiger partial charge is 0.407 e. The number of carbonyl (C=O) groups is 1. The van der Waals surface area contributed by atoms with Gasteiger partial charge in [-0.2, -0.15) is 0 Å². The Kier molecular flexibility index (Phi) is 4.47. The Hall–Kier alpha value is -1.63. The molecule has 0 bridgehead atoms. The Balaban J connectivity index is 1.72. The van der Waals surface area contributed by atoms with Crippen LogP contribution in [0.15, 0.2) is 6.20 Å². The number of ether oxygens (including phenoxy) is 1. The molecule has 0 aliphatic heterocycles. The van der Waals surface area contributed by atoms with Gasteiger partial charge in [0, 0.05) is 18.6 Å². The zero-order valence-corrected chi connectivity index (χ0v) is 14.3. The summed E-state index contributed by atoms with van der Waals surface area (Å²) in [6.45, 7) is 12.5. The summed E-state index contributed by atoms with van der Waals surface area (Å²) in [7, 11) is 0. The molecule has 2 N–H and O–H groups in total. The molecule has 1 aromatic heterocycles. The molecule has 1 aliphatic rings. The third kappa shape index (κ3) is 4.98. The van der Waals surface area contributed by atoms with Crippen molar-refractivity contribution in [1.29, 1.82) is 0 Å². The van der Waals surface area contributed by atoms with E-state index in [0.717, 1.165) is 12.1 Å². The molecule has 22 heavy (non-hydrogen) atoms. The van der Waals surface area contributed by atoms with Crippen LogP contribution in [0.25, 0.3) is 0 Å². The fourth-order valence-corrected chi connectivity index (χ4v) is 1.98. The first-order valence-corrected chi connectivity index (χ1v) is 7.69. The lowest BCUT2D eigenvalue weighted by molar-refractivity contribution is 0.0522. The molecule has 1 saturated carbocycles. The standard InChI is InChI=1S/C15H27N5O2/c1-14(2,3)20-9-10(18-19-20)8-16-11-7-12(11)17-13(21)22-15(4,5)6/h9,11-12,16H,7-8H2,1-6H3,(H,17,21). The van der Waals surface area contributed by atoms with Gasteiger partial charge < -0.3 is 15.4 Å². The maximum atomic E-state index is 11.7. The predicted molar refractivity (Wildman–Crippen MR) is 83.4 cm³/mol. The fourth-order valence-electron chi connectivity index (χ4n) is 1.98. The molecule has 7 heteroatoms. The summed E-state index contributed by atoms with van der Waals surface area (Å²) in [5.41, 5.74) is 0.372. The highest BCUT2D eigenvalue weighted by Crippen LogP contribution is 2.22. The van der Waals surface area contributed by atoms with Crippen molar-refractivity contribution < 1.29 is 9.53 Å². The number of hydrogen-bond donors (Lipinski definition) is 2. The molecular weight excluding hydrogens is 282 g/mol. The van der Waals surface area contributed by atoms with Crippen LogP contribution in [0.4, 0.5) is 4.79 Å². The highest BCUT2D eigenvalue weighted by molar-refractivity contribution is 5.68. The van der Waals surface area contributed by atoms with Gasteiger partial charge in [-0.15, -0.1) is 5.10 Å². The van der Waals surface area contributed by atoms with Crippen molar-refractivity contribution in [1.82, 2.24) is 25.6 Å². The number of alkyl carbamates (subject to hydrolysis) is 1. The monoisotopic (exact) mass is 309 g/mol. The molecule has 2 rings (SSSR count). The van der Waals surface area contributed by atoms with Gasteiger partial charge in [-0.3, -0.25) is 0 Å². The van der Waals surface area contributed by atoms with Crippen LogP contribution >= 0.6 is 0 Å². The third-order valence-electron chi connectivity index (χ3n) is 3.27. The molecular formula is C15H27N5O2. The number of amides is 1. The Morgan fingerprint density at radius 1 is 1.32 bits per heavy atom. The zero-order valence-electron chi connectivity index (χ0n) is 14.3. The molecule has 0 aromatic carbocycles. The second-order valence-electron chi connectivity index (χ2n) is 7.80. The van der Waals surface area contributed by atoms with Crippen molar-refractivity contribution in [2.24, 2.45) is 0 Å². The quantitative estimate of drug-likeness (QED) is 0.886. The van der Waals surface area contributed by atoms with Crippen LogP contribution < -0.4 is 10.6 Å². The van der Waals surface area contributed by atoms with Crippen LogP contribution in [-0.4, -0.2) is 38.8 Å². The summed E-state index contributed by atoms with van der Waals surface area (Å²) < 4.78 is 7.09. The SMILES string of the molecule is CC(C)(C)OC(=O)NC1CC1NCc1cn(C(C)(C)C)nn1. The lowest BCUT2D eigenvalue weighted by Crippen LogP contribution is -2.36. The van der Waals surface area contributed by atoms with Crippen molar-refractivity contribution in [3.63, 3.8) is 0 Å². The van der Waals surface area contributed by atoms with Crippen molar-refractivity contribution in [3.05, 3.63) is 11.9 Å². The molecule has 1 amide bonds. The van der Waals surface area contributed by atoms with Gasteiger partial charge >= 0.3 is 6.09 Å². The van der Waals surface area contributed by atoms with Gasteiger partial charge in [0.15, 0.2) is 0 Å².